The number of ether oxygens (including phenoxy) is 2. The standard InChI is InChI=1S/C15H21NO4/c1-11-7-16(8-14(9-17)20-11)15(18)13-5-3-12(4-6-13)10-19-2/h3-6,11,14,17H,7-10H2,1-2H3. The molecule has 0 aromatic heterocycles. The largest absolute Gasteiger partial charge is 0.394 e. The van der Waals surface area contributed by atoms with Crippen LogP contribution >= 0.6 is 0 Å². The van der Waals surface area contributed by atoms with Gasteiger partial charge in [0.1, 0.15) is 0 Å². The summed E-state index contributed by atoms with van der Waals surface area (Å²) in [6, 6.07) is 7.41. The molecule has 0 radical (unpaired) electrons. The van der Waals surface area contributed by atoms with Gasteiger partial charge in [-0.15, -0.1) is 0 Å². The average molecular weight is 279 g/mol. The van der Waals surface area contributed by atoms with Crippen LogP contribution in [0.1, 0.15) is 22.8 Å². The summed E-state index contributed by atoms with van der Waals surface area (Å²) in [6.07, 6.45) is -0.354. The molecule has 0 saturated carbocycles. The van der Waals surface area contributed by atoms with Crippen molar-refractivity contribution in [1.82, 2.24) is 4.90 Å². The number of hydrogen-bond acceptors (Lipinski definition) is 4. The van der Waals surface area contributed by atoms with E-state index in [2.05, 4.69) is 0 Å². The van der Waals surface area contributed by atoms with Gasteiger partial charge in [-0.2, -0.15) is 0 Å². The van der Waals surface area contributed by atoms with Crippen molar-refractivity contribution in [3.8, 4) is 0 Å². The lowest BCUT2D eigenvalue weighted by Crippen LogP contribution is -2.50. The van der Waals surface area contributed by atoms with E-state index in [0.717, 1.165) is 5.56 Å². The number of methoxy groups -OCH3 is 1. The van der Waals surface area contributed by atoms with E-state index in [1.807, 2.05) is 31.2 Å². The minimum absolute atomic E-state index is 0.0254. The summed E-state index contributed by atoms with van der Waals surface area (Å²) < 4.78 is 10.6. The molecule has 0 aliphatic carbocycles. The molecule has 1 aromatic carbocycles. The molecular weight excluding hydrogens is 258 g/mol. The molecule has 2 atom stereocenters. The zero-order chi connectivity index (χ0) is 14.5. The fraction of sp³-hybridized carbons (Fsp3) is 0.533. The van der Waals surface area contributed by atoms with Crippen molar-refractivity contribution in [2.75, 3.05) is 26.8 Å². The Kier molecular flexibility index (Phi) is 5.11. The second-order valence-electron chi connectivity index (χ2n) is 5.09. The van der Waals surface area contributed by atoms with Gasteiger partial charge in [0.15, 0.2) is 0 Å². The molecule has 20 heavy (non-hydrogen) atoms. The fourth-order valence-corrected chi connectivity index (χ4v) is 2.40. The molecule has 1 amide bonds. The van der Waals surface area contributed by atoms with Gasteiger partial charge in [0.2, 0.25) is 0 Å². The van der Waals surface area contributed by atoms with Gasteiger partial charge in [-0.25, -0.2) is 0 Å². The Morgan fingerprint density at radius 3 is 2.70 bits per heavy atom. The minimum atomic E-state index is -0.296. The van der Waals surface area contributed by atoms with Crippen molar-refractivity contribution in [2.45, 2.75) is 25.7 Å². The van der Waals surface area contributed by atoms with E-state index in [4.69, 9.17) is 9.47 Å². The van der Waals surface area contributed by atoms with E-state index in [9.17, 15) is 9.90 Å². The summed E-state index contributed by atoms with van der Waals surface area (Å²) in [5, 5.41) is 9.20. The Hall–Kier alpha value is -1.43. The monoisotopic (exact) mass is 279 g/mol. The van der Waals surface area contributed by atoms with E-state index in [1.165, 1.54) is 0 Å². The molecule has 1 heterocycles. The van der Waals surface area contributed by atoms with Crippen molar-refractivity contribution >= 4 is 5.91 Å². The van der Waals surface area contributed by atoms with E-state index in [0.29, 0.717) is 25.3 Å². The zero-order valence-electron chi connectivity index (χ0n) is 11.9. The maximum atomic E-state index is 12.4. The number of carbonyl (C=O) groups is 1. The van der Waals surface area contributed by atoms with Gasteiger partial charge in [-0.1, -0.05) is 12.1 Å². The third kappa shape index (κ3) is 3.56. The second kappa shape index (κ2) is 6.83. The minimum Gasteiger partial charge on any atom is -0.394 e. The summed E-state index contributed by atoms with van der Waals surface area (Å²) in [4.78, 5) is 14.2. The SMILES string of the molecule is COCc1ccc(C(=O)N2CC(C)OC(CO)C2)cc1. The Morgan fingerprint density at radius 2 is 2.10 bits per heavy atom. The van der Waals surface area contributed by atoms with Crippen LogP contribution in [0.3, 0.4) is 0 Å². The molecule has 1 N–H and O–H groups in total. The smallest absolute Gasteiger partial charge is 0.254 e. The summed E-state index contributed by atoms with van der Waals surface area (Å²) in [5.41, 5.74) is 1.68. The van der Waals surface area contributed by atoms with E-state index < -0.39 is 0 Å². The highest BCUT2D eigenvalue weighted by Gasteiger charge is 2.28. The third-order valence-corrected chi connectivity index (χ3v) is 3.33. The highest BCUT2D eigenvalue weighted by Crippen LogP contribution is 2.15. The summed E-state index contributed by atoms with van der Waals surface area (Å²) >= 11 is 0. The van der Waals surface area contributed by atoms with Gasteiger partial charge in [0, 0.05) is 25.8 Å². The number of aliphatic hydroxyl groups is 1. The zero-order valence-corrected chi connectivity index (χ0v) is 11.9. The van der Waals surface area contributed by atoms with Crippen molar-refractivity contribution in [3.05, 3.63) is 35.4 Å². The van der Waals surface area contributed by atoms with E-state index in [1.54, 1.807) is 12.0 Å². The first-order valence-electron chi connectivity index (χ1n) is 6.77. The van der Waals surface area contributed by atoms with Crippen LogP contribution in [0.25, 0.3) is 0 Å². The average Bonchev–Trinajstić information content (AvgIpc) is 2.47. The van der Waals surface area contributed by atoms with Crippen LogP contribution in [0.15, 0.2) is 24.3 Å². The van der Waals surface area contributed by atoms with Crippen LogP contribution in [-0.2, 0) is 16.1 Å². The molecule has 5 nitrogen and oxygen atoms in total. The van der Waals surface area contributed by atoms with Crippen molar-refractivity contribution < 1.29 is 19.4 Å². The van der Waals surface area contributed by atoms with Crippen molar-refractivity contribution in [3.63, 3.8) is 0 Å². The molecule has 0 bridgehead atoms. The van der Waals surface area contributed by atoms with Gasteiger partial charge in [-0.05, 0) is 24.6 Å². The molecule has 1 saturated heterocycles. The fourth-order valence-electron chi connectivity index (χ4n) is 2.40. The number of aliphatic hydroxyl groups excluding tert-OH is 1. The Balaban J connectivity index is 2.06. The first-order chi connectivity index (χ1) is 9.63. The molecule has 5 heteroatoms. The summed E-state index contributed by atoms with van der Waals surface area (Å²) in [6.45, 7) is 3.36. The number of carbonyl (C=O) groups excluding carboxylic acids is 1. The van der Waals surface area contributed by atoms with Crippen molar-refractivity contribution in [1.29, 1.82) is 0 Å². The lowest BCUT2D eigenvalue weighted by atomic mass is 10.1. The van der Waals surface area contributed by atoms with E-state index >= 15 is 0 Å². The first-order valence-corrected chi connectivity index (χ1v) is 6.77. The molecular formula is C15H21NO4. The molecule has 2 unspecified atom stereocenters. The van der Waals surface area contributed by atoms with Crippen LogP contribution in [0, 0.1) is 0 Å². The van der Waals surface area contributed by atoms with Gasteiger partial charge in [-0.3, -0.25) is 4.79 Å². The van der Waals surface area contributed by atoms with Gasteiger partial charge >= 0.3 is 0 Å². The number of morpholine rings is 1. The highest BCUT2D eigenvalue weighted by atomic mass is 16.5. The summed E-state index contributed by atoms with van der Waals surface area (Å²) in [5.74, 6) is -0.0254. The summed E-state index contributed by atoms with van der Waals surface area (Å²) in [7, 11) is 1.64. The molecule has 110 valence electrons. The normalized spacial score (nSPS) is 22.9. The molecule has 1 aliphatic rings. The highest BCUT2D eigenvalue weighted by molar-refractivity contribution is 5.94. The van der Waals surface area contributed by atoms with Gasteiger partial charge < -0.3 is 19.5 Å². The maximum absolute atomic E-state index is 12.4. The second-order valence-corrected chi connectivity index (χ2v) is 5.09. The predicted molar refractivity (Wildman–Crippen MR) is 74.5 cm³/mol. The third-order valence-electron chi connectivity index (χ3n) is 3.33. The molecule has 1 fully saturated rings. The number of nitrogens with zero attached hydrogens (tertiary/aromatic N) is 1. The van der Waals surface area contributed by atoms with Crippen LogP contribution in [-0.4, -0.2) is 54.9 Å². The van der Waals surface area contributed by atoms with Crippen molar-refractivity contribution in [2.24, 2.45) is 0 Å². The number of rotatable bonds is 4. The topological polar surface area (TPSA) is 59.0 Å². The quantitative estimate of drug-likeness (QED) is 0.895. The molecule has 2 rings (SSSR count). The van der Waals surface area contributed by atoms with E-state index in [-0.39, 0.29) is 24.7 Å². The lowest BCUT2D eigenvalue weighted by Gasteiger charge is -2.36. The first kappa shape index (κ1) is 15.0. The number of hydrogen-bond donors (Lipinski definition) is 1. The Bertz CT molecular complexity index is 446. The van der Waals surface area contributed by atoms with Crippen LogP contribution in [0.2, 0.25) is 0 Å². The van der Waals surface area contributed by atoms with Gasteiger partial charge in [0.05, 0.1) is 25.4 Å². The predicted octanol–water partition coefficient (Wildman–Crippen LogP) is 1.05. The number of amides is 1. The Morgan fingerprint density at radius 1 is 1.40 bits per heavy atom. The van der Waals surface area contributed by atoms with Crippen LogP contribution < -0.4 is 0 Å². The molecule has 0 spiro atoms. The van der Waals surface area contributed by atoms with Crippen LogP contribution in [0.5, 0.6) is 0 Å². The molecule has 1 aromatic rings. The number of benzene rings is 1. The van der Waals surface area contributed by atoms with Gasteiger partial charge in [0.25, 0.3) is 5.91 Å². The van der Waals surface area contributed by atoms with Crippen LogP contribution in [0.4, 0.5) is 0 Å². The maximum Gasteiger partial charge on any atom is 0.254 e. The Labute approximate surface area is 119 Å². The molecule has 1 aliphatic heterocycles. The lowest BCUT2D eigenvalue weighted by molar-refractivity contribution is -0.0858.